The second-order valence-electron chi connectivity index (χ2n) is 4.64. The van der Waals surface area contributed by atoms with E-state index < -0.39 is 0 Å². The molecule has 1 heterocycles. The molecule has 21 heavy (non-hydrogen) atoms. The number of tetrazole rings is 1. The molecule has 7 heteroatoms. The van der Waals surface area contributed by atoms with Gasteiger partial charge in [-0.15, -0.1) is 5.10 Å². The standard InChI is InChI=1S/C14H11Br2N5/c1-8-4-9(15)6-11(5-8)21-14(18-19-20-21)12-7-10(17)2-3-13(12)16/h2-7H,17H2,1H3. The van der Waals surface area contributed by atoms with E-state index in [2.05, 4.69) is 47.4 Å². The van der Waals surface area contributed by atoms with Gasteiger partial charge in [-0.2, -0.15) is 4.68 Å². The van der Waals surface area contributed by atoms with Crippen LogP contribution in [0.5, 0.6) is 0 Å². The molecule has 5 nitrogen and oxygen atoms in total. The second-order valence-corrected chi connectivity index (χ2v) is 6.41. The van der Waals surface area contributed by atoms with Gasteiger partial charge in [-0.25, -0.2) is 0 Å². The van der Waals surface area contributed by atoms with Crippen molar-refractivity contribution in [2.75, 3.05) is 5.73 Å². The Morgan fingerprint density at radius 2 is 1.90 bits per heavy atom. The monoisotopic (exact) mass is 407 g/mol. The Morgan fingerprint density at radius 1 is 1.10 bits per heavy atom. The summed E-state index contributed by atoms with van der Waals surface area (Å²) >= 11 is 7.01. The number of aromatic nitrogens is 4. The molecule has 0 aliphatic heterocycles. The van der Waals surface area contributed by atoms with Crippen molar-refractivity contribution >= 4 is 37.5 Å². The molecule has 0 aliphatic rings. The minimum atomic E-state index is 0.631. The van der Waals surface area contributed by atoms with E-state index in [9.17, 15) is 0 Å². The van der Waals surface area contributed by atoms with Gasteiger partial charge in [0, 0.05) is 20.2 Å². The van der Waals surface area contributed by atoms with E-state index in [1.165, 1.54) is 0 Å². The van der Waals surface area contributed by atoms with Gasteiger partial charge in [-0.05, 0) is 59.3 Å². The predicted molar refractivity (Wildman–Crippen MR) is 89.1 cm³/mol. The first-order valence-corrected chi connectivity index (χ1v) is 7.74. The lowest BCUT2D eigenvalue weighted by atomic mass is 10.2. The van der Waals surface area contributed by atoms with Gasteiger partial charge in [0.1, 0.15) is 0 Å². The summed E-state index contributed by atoms with van der Waals surface area (Å²) in [6, 6.07) is 11.6. The van der Waals surface area contributed by atoms with Crippen molar-refractivity contribution in [3.05, 3.63) is 50.9 Å². The van der Waals surface area contributed by atoms with Gasteiger partial charge in [0.05, 0.1) is 5.69 Å². The average molecular weight is 409 g/mol. The zero-order valence-electron chi connectivity index (χ0n) is 11.1. The summed E-state index contributed by atoms with van der Waals surface area (Å²) in [6.45, 7) is 2.02. The largest absolute Gasteiger partial charge is 0.399 e. The second kappa shape index (κ2) is 5.57. The maximum Gasteiger partial charge on any atom is 0.188 e. The quantitative estimate of drug-likeness (QED) is 0.655. The summed E-state index contributed by atoms with van der Waals surface area (Å²) < 4.78 is 3.56. The molecule has 0 radical (unpaired) electrons. The molecule has 0 unspecified atom stereocenters. The van der Waals surface area contributed by atoms with Crippen LogP contribution in [0.2, 0.25) is 0 Å². The smallest absolute Gasteiger partial charge is 0.188 e. The molecule has 0 amide bonds. The summed E-state index contributed by atoms with van der Waals surface area (Å²) in [5, 5.41) is 12.0. The van der Waals surface area contributed by atoms with Gasteiger partial charge >= 0.3 is 0 Å². The van der Waals surface area contributed by atoms with Crippen molar-refractivity contribution in [2.45, 2.75) is 6.92 Å². The first-order chi connectivity index (χ1) is 10.0. The van der Waals surface area contributed by atoms with Crippen LogP contribution >= 0.6 is 31.9 Å². The molecule has 3 aromatic rings. The first-order valence-electron chi connectivity index (χ1n) is 6.16. The lowest BCUT2D eigenvalue weighted by Crippen LogP contribution is -2.01. The molecule has 0 saturated carbocycles. The van der Waals surface area contributed by atoms with Crippen molar-refractivity contribution in [2.24, 2.45) is 0 Å². The summed E-state index contributed by atoms with van der Waals surface area (Å²) in [5.74, 6) is 0.631. The third kappa shape index (κ3) is 2.84. The van der Waals surface area contributed by atoms with E-state index in [0.29, 0.717) is 11.5 Å². The molecular formula is C14H11Br2N5. The number of anilines is 1. The number of hydrogen-bond donors (Lipinski definition) is 1. The van der Waals surface area contributed by atoms with E-state index in [1.54, 1.807) is 4.68 Å². The van der Waals surface area contributed by atoms with Crippen LogP contribution < -0.4 is 5.73 Å². The van der Waals surface area contributed by atoms with Crippen LogP contribution in [0.4, 0.5) is 5.69 Å². The maximum absolute atomic E-state index is 5.86. The Bertz CT molecular complexity index is 793. The van der Waals surface area contributed by atoms with E-state index in [1.807, 2.05) is 43.3 Å². The van der Waals surface area contributed by atoms with Gasteiger partial charge < -0.3 is 5.73 Å². The molecule has 106 valence electrons. The number of nitrogen functional groups attached to an aromatic ring is 1. The van der Waals surface area contributed by atoms with Gasteiger partial charge in [0.25, 0.3) is 0 Å². The van der Waals surface area contributed by atoms with E-state index in [0.717, 1.165) is 25.8 Å². The van der Waals surface area contributed by atoms with Crippen molar-refractivity contribution < 1.29 is 0 Å². The minimum absolute atomic E-state index is 0.631. The number of aryl methyl sites for hydroxylation is 1. The zero-order chi connectivity index (χ0) is 15.0. The highest BCUT2D eigenvalue weighted by atomic mass is 79.9. The molecule has 0 fully saturated rings. The number of rotatable bonds is 2. The fourth-order valence-electron chi connectivity index (χ4n) is 2.08. The Hall–Kier alpha value is -1.73. The Labute approximate surface area is 138 Å². The van der Waals surface area contributed by atoms with Gasteiger partial charge in [-0.1, -0.05) is 31.9 Å². The average Bonchev–Trinajstić information content (AvgIpc) is 2.89. The maximum atomic E-state index is 5.86. The van der Waals surface area contributed by atoms with Gasteiger partial charge in [0.15, 0.2) is 5.82 Å². The normalized spacial score (nSPS) is 10.8. The number of benzene rings is 2. The number of hydrogen-bond acceptors (Lipinski definition) is 4. The third-order valence-corrected chi connectivity index (χ3v) is 4.12. The molecule has 0 spiro atoms. The van der Waals surface area contributed by atoms with Gasteiger partial charge in [-0.3, -0.25) is 0 Å². The van der Waals surface area contributed by atoms with Crippen LogP contribution in [0, 0.1) is 6.92 Å². The van der Waals surface area contributed by atoms with Crippen LogP contribution in [-0.2, 0) is 0 Å². The Morgan fingerprint density at radius 3 is 2.67 bits per heavy atom. The third-order valence-electron chi connectivity index (χ3n) is 2.97. The Balaban J connectivity index is 2.19. The fourth-order valence-corrected chi connectivity index (χ4v) is 3.10. The number of nitrogens with zero attached hydrogens (tertiary/aromatic N) is 4. The predicted octanol–water partition coefficient (Wildman–Crippen LogP) is 3.74. The van der Waals surface area contributed by atoms with Crippen molar-refractivity contribution in [1.82, 2.24) is 20.2 Å². The molecule has 0 bridgehead atoms. The molecular weight excluding hydrogens is 398 g/mol. The SMILES string of the molecule is Cc1cc(Br)cc(-n2nnnc2-c2cc(N)ccc2Br)c1. The lowest BCUT2D eigenvalue weighted by Gasteiger charge is -2.08. The van der Waals surface area contributed by atoms with E-state index in [4.69, 9.17) is 5.73 Å². The highest BCUT2D eigenvalue weighted by Gasteiger charge is 2.14. The van der Waals surface area contributed by atoms with E-state index in [-0.39, 0.29) is 0 Å². The van der Waals surface area contributed by atoms with Crippen molar-refractivity contribution in [3.63, 3.8) is 0 Å². The zero-order valence-corrected chi connectivity index (χ0v) is 14.3. The van der Waals surface area contributed by atoms with Gasteiger partial charge in [0.2, 0.25) is 0 Å². The Kier molecular flexibility index (Phi) is 3.77. The molecule has 0 saturated heterocycles. The molecule has 3 rings (SSSR count). The van der Waals surface area contributed by atoms with Crippen molar-refractivity contribution in [3.8, 4) is 17.1 Å². The van der Waals surface area contributed by atoms with Crippen molar-refractivity contribution in [1.29, 1.82) is 0 Å². The fraction of sp³-hybridized carbons (Fsp3) is 0.0714. The topological polar surface area (TPSA) is 69.6 Å². The molecule has 2 N–H and O–H groups in total. The lowest BCUT2D eigenvalue weighted by molar-refractivity contribution is 0.790. The minimum Gasteiger partial charge on any atom is -0.399 e. The molecule has 2 aromatic carbocycles. The summed E-state index contributed by atoms with van der Waals surface area (Å²) in [6.07, 6.45) is 0. The van der Waals surface area contributed by atoms with E-state index >= 15 is 0 Å². The molecule has 1 aromatic heterocycles. The van der Waals surface area contributed by atoms with Crippen LogP contribution in [0.3, 0.4) is 0 Å². The highest BCUT2D eigenvalue weighted by Crippen LogP contribution is 2.30. The molecule has 0 aliphatic carbocycles. The van der Waals surface area contributed by atoms with Crippen LogP contribution in [-0.4, -0.2) is 20.2 Å². The highest BCUT2D eigenvalue weighted by molar-refractivity contribution is 9.10. The number of halogens is 2. The molecule has 0 atom stereocenters. The van der Waals surface area contributed by atoms with Crippen LogP contribution in [0.25, 0.3) is 17.1 Å². The first kappa shape index (κ1) is 14.2. The summed E-state index contributed by atoms with van der Waals surface area (Å²) in [4.78, 5) is 0. The number of nitrogens with two attached hydrogens (primary N) is 1. The summed E-state index contributed by atoms with van der Waals surface area (Å²) in [7, 11) is 0. The summed E-state index contributed by atoms with van der Waals surface area (Å²) in [5.41, 5.74) is 9.37. The van der Waals surface area contributed by atoms with Crippen LogP contribution in [0.15, 0.2) is 45.3 Å². The van der Waals surface area contributed by atoms with Crippen LogP contribution in [0.1, 0.15) is 5.56 Å².